The number of halogens is 3. The van der Waals surface area contributed by atoms with Crippen LogP contribution in [0.25, 0.3) is 11.4 Å². The van der Waals surface area contributed by atoms with Crippen LogP contribution in [0.2, 0.25) is 0 Å². The average Bonchev–Trinajstić information content (AvgIpc) is 3.24. The highest BCUT2D eigenvalue weighted by Gasteiger charge is 2.22. The van der Waals surface area contributed by atoms with E-state index in [1.807, 2.05) is 4.90 Å². The van der Waals surface area contributed by atoms with Crippen LogP contribution in [-0.4, -0.2) is 46.3 Å². The molecule has 0 aliphatic carbocycles. The molecule has 1 aliphatic rings. The first-order valence-corrected chi connectivity index (χ1v) is 9.87. The molecule has 0 radical (unpaired) electrons. The number of hydrogen-bond acceptors (Lipinski definition) is 5. The summed E-state index contributed by atoms with van der Waals surface area (Å²) in [6, 6.07) is 9.00. The van der Waals surface area contributed by atoms with Crippen LogP contribution in [-0.2, 0) is 4.79 Å². The van der Waals surface area contributed by atoms with Crippen LogP contribution in [0.3, 0.4) is 0 Å². The van der Waals surface area contributed by atoms with Gasteiger partial charge in [-0.3, -0.25) is 4.79 Å². The highest BCUT2D eigenvalue weighted by molar-refractivity contribution is 7.09. The number of carbonyl (C=O) groups excluding carboxylic acids is 1. The van der Waals surface area contributed by atoms with Gasteiger partial charge in [0.15, 0.2) is 5.82 Å². The fraction of sp³-hybridized carbons (Fsp3) is 0.190. The minimum Gasteiger partial charge on any atom is -0.343 e. The molecule has 1 aromatic heterocycles. The standard InChI is InChI=1S/C21H15F3N4OS/c22-16-5-2-15(3-6-16)20-25-21(30-26-20)28-11-9-27(10-12-28)19(29)8-4-14-1-7-17(23)13-18(14)24/h1-3,5-7,13H,9-12H2. The normalized spacial score (nSPS) is 13.7. The molecule has 4 rings (SSSR count). The molecular formula is C21H15F3N4OS. The molecule has 0 spiro atoms. The van der Waals surface area contributed by atoms with Crippen LogP contribution < -0.4 is 4.90 Å². The van der Waals surface area contributed by atoms with Crippen molar-refractivity contribution in [3.63, 3.8) is 0 Å². The molecule has 1 amide bonds. The van der Waals surface area contributed by atoms with Gasteiger partial charge in [0.25, 0.3) is 5.91 Å². The lowest BCUT2D eigenvalue weighted by Crippen LogP contribution is -2.48. The smallest absolute Gasteiger partial charge is 0.298 e. The Hall–Kier alpha value is -3.38. The highest BCUT2D eigenvalue weighted by Crippen LogP contribution is 2.25. The van der Waals surface area contributed by atoms with Gasteiger partial charge in [0.05, 0.1) is 5.56 Å². The third-order valence-electron chi connectivity index (χ3n) is 4.59. The van der Waals surface area contributed by atoms with Gasteiger partial charge in [0, 0.05) is 55.3 Å². The van der Waals surface area contributed by atoms with Crippen molar-refractivity contribution in [2.45, 2.75) is 0 Å². The summed E-state index contributed by atoms with van der Waals surface area (Å²) in [5.41, 5.74) is 0.710. The second kappa shape index (κ2) is 8.55. The van der Waals surface area contributed by atoms with Crippen molar-refractivity contribution in [1.82, 2.24) is 14.3 Å². The Morgan fingerprint density at radius 1 is 0.967 bits per heavy atom. The van der Waals surface area contributed by atoms with Gasteiger partial charge in [0.1, 0.15) is 17.5 Å². The second-order valence-electron chi connectivity index (χ2n) is 6.56. The monoisotopic (exact) mass is 428 g/mol. The van der Waals surface area contributed by atoms with Gasteiger partial charge >= 0.3 is 0 Å². The first-order chi connectivity index (χ1) is 14.5. The van der Waals surface area contributed by atoms with Crippen LogP contribution in [0.4, 0.5) is 18.3 Å². The van der Waals surface area contributed by atoms with Gasteiger partial charge in [-0.15, -0.1) is 0 Å². The van der Waals surface area contributed by atoms with Crippen LogP contribution in [0, 0.1) is 29.3 Å². The third-order valence-corrected chi connectivity index (χ3v) is 5.37. The SMILES string of the molecule is O=C(C#Cc1ccc(F)cc1F)N1CCN(c2nc(-c3ccc(F)cc3)ns2)CC1. The lowest BCUT2D eigenvalue weighted by molar-refractivity contribution is -0.125. The molecule has 1 aliphatic heterocycles. The summed E-state index contributed by atoms with van der Waals surface area (Å²) in [5, 5.41) is 0.723. The van der Waals surface area contributed by atoms with Crippen LogP contribution >= 0.6 is 11.5 Å². The molecule has 0 unspecified atom stereocenters. The van der Waals surface area contributed by atoms with E-state index in [2.05, 4.69) is 21.2 Å². The molecule has 2 heterocycles. The number of hydrogen-bond donors (Lipinski definition) is 0. The summed E-state index contributed by atoms with van der Waals surface area (Å²) in [6.45, 7) is 1.97. The molecule has 1 saturated heterocycles. The summed E-state index contributed by atoms with van der Waals surface area (Å²) in [7, 11) is 0. The van der Waals surface area contributed by atoms with Crippen molar-refractivity contribution >= 4 is 22.6 Å². The zero-order chi connectivity index (χ0) is 21.1. The lowest BCUT2D eigenvalue weighted by Gasteiger charge is -2.33. The van der Waals surface area contributed by atoms with E-state index >= 15 is 0 Å². The topological polar surface area (TPSA) is 49.3 Å². The van der Waals surface area contributed by atoms with Crippen molar-refractivity contribution < 1.29 is 18.0 Å². The van der Waals surface area contributed by atoms with Crippen molar-refractivity contribution in [2.75, 3.05) is 31.1 Å². The number of piperazine rings is 1. The van der Waals surface area contributed by atoms with Gasteiger partial charge in [-0.25, -0.2) is 13.2 Å². The van der Waals surface area contributed by atoms with Crippen molar-refractivity contribution in [2.24, 2.45) is 0 Å². The fourth-order valence-electron chi connectivity index (χ4n) is 2.95. The Kier molecular flexibility index (Phi) is 5.68. The summed E-state index contributed by atoms with van der Waals surface area (Å²) in [5.74, 6) is 3.18. The third kappa shape index (κ3) is 4.44. The van der Waals surface area contributed by atoms with Gasteiger partial charge in [-0.1, -0.05) is 5.92 Å². The van der Waals surface area contributed by atoms with Crippen LogP contribution in [0.1, 0.15) is 5.56 Å². The molecule has 152 valence electrons. The van der Waals surface area contributed by atoms with Crippen LogP contribution in [0.15, 0.2) is 42.5 Å². The van der Waals surface area contributed by atoms with Crippen LogP contribution in [0.5, 0.6) is 0 Å². The predicted molar refractivity (Wildman–Crippen MR) is 107 cm³/mol. The molecule has 3 aromatic rings. The second-order valence-corrected chi connectivity index (χ2v) is 7.29. The Labute approximate surface area is 174 Å². The van der Waals surface area contributed by atoms with Gasteiger partial charge in [-0.2, -0.15) is 9.36 Å². The van der Waals surface area contributed by atoms with Crippen molar-refractivity contribution in [1.29, 1.82) is 0 Å². The Bertz CT molecular complexity index is 1130. The quantitative estimate of drug-likeness (QED) is 0.588. The van der Waals surface area contributed by atoms with E-state index in [4.69, 9.17) is 0 Å². The minimum atomic E-state index is -0.798. The molecule has 2 aromatic carbocycles. The molecule has 30 heavy (non-hydrogen) atoms. The zero-order valence-corrected chi connectivity index (χ0v) is 16.4. The average molecular weight is 428 g/mol. The Morgan fingerprint density at radius 2 is 1.67 bits per heavy atom. The summed E-state index contributed by atoms with van der Waals surface area (Å²) in [6.07, 6.45) is 0. The maximum Gasteiger partial charge on any atom is 0.298 e. The zero-order valence-electron chi connectivity index (χ0n) is 15.6. The van der Waals surface area contributed by atoms with Crippen molar-refractivity contribution in [3.8, 4) is 23.2 Å². The van der Waals surface area contributed by atoms with E-state index in [1.54, 1.807) is 17.0 Å². The predicted octanol–water partition coefficient (Wildman–Crippen LogP) is 3.32. The van der Waals surface area contributed by atoms with Gasteiger partial charge in [-0.05, 0) is 36.4 Å². The lowest BCUT2D eigenvalue weighted by atomic mass is 10.2. The molecule has 1 fully saturated rings. The number of amides is 1. The number of anilines is 1. The van der Waals surface area contributed by atoms with E-state index < -0.39 is 17.5 Å². The first-order valence-electron chi connectivity index (χ1n) is 9.10. The van der Waals surface area contributed by atoms with E-state index in [9.17, 15) is 18.0 Å². The van der Waals surface area contributed by atoms with Crippen molar-refractivity contribution in [3.05, 3.63) is 65.5 Å². The maximum atomic E-state index is 13.6. The molecule has 0 atom stereocenters. The number of aromatic nitrogens is 2. The summed E-state index contributed by atoms with van der Waals surface area (Å²) < 4.78 is 43.9. The van der Waals surface area contributed by atoms with Gasteiger partial charge in [0.2, 0.25) is 5.13 Å². The Balaban J connectivity index is 1.37. The maximum absolute atomic E-state index is 13.6. The van der Waals surface area contributed by atoms with E-state index in [-0.39, 0.29) is 11.4 Å². The number of nitrogens with zero attached hydrogens (tertiary/aromatic N) is 4. The number of rotatable bonds is 2. The highest BCUT2D eigenvalue weighted by atomic mass is 32.1. The first kappa shape index (κ1) is 19.9. The largest absolute Gasteiger partial charge is 0.343 e. The molecule has 0 N–H and O–H groups in total. The fourth-order valence-corrected chi connectivity index (χ4v) is 3.69. The molecular weight excluding hydrogens is 413 g/mol. The summed E-state index contributed by atoms with van der Waals surface area (Å²) >= 11 is 1.24. The van der Waals surface area contributed by atoms with Gasteiger partial charge < -0.3 is 9.80 Å². The number of benzene rings is 2. The molecule has 9 heteroatoms. The van der Waals surface area contributed by atoms with E-state index in [0.717, 1.165) is 22.8 Å². The Morgan fingerprint density at radius 3 is 2.37 bits per heavy atom. The molecule has 0 bridgehead atoms. The minimum absolute atomic E-state index is 0.0226. The molecule has 0 saturated carbocycles. The summed E-state index contributed by atoms with van der Waals surface area (Å²) in [4.78, 5) is 20.4. The number of carbonyl (C=O) groups is 1. The van der Waals surface area contributed by atoms with E-state index in [0.29, 0.717) is 32.0 Å². The van der Waals surface area contributed by atoms with E-state index in [1.165, 1.54) is 29.7 Å². The molecule has 5 nitrogen and oxygen atoms in total.